The smallest absolute Gasteiger partial charge is 0.257 e. The van der Waals surface area contributed by atoms with E-state index in [1.165, 1.54) is 4.90 Å². The van der Waals surface area contributed by atoms with Crippen molar-refractivity contribution in [3.63, 3.8) is 0 Å². The highest BCUT2D eigenvalue weighted by molar-refractivity contribution is 7.91. The molecule has 0 aliphatic carbocycles. The zero-order chi connectivity index (χ0) is 13.5. The van der Waals surface area contributed by atoms with Gasteiger partial charge in [-0.15, -0.1) is 0 Å². The molecule has 1 aromatic heterocycles. The van der Waals surface area contributed by atoms with Crippen LogP contribution >= 0.6 is 0 Å². The number of sulfone groups is 1. The normalized spacial score (nSPS) is 22.1. The molecular weight excluding hydrogens is 254 g/mol. The SMILES string of the molecule is Cc1cc(C(=O)N(C)C2CCS(=O)(=O)C2)c(C)o1. The number of nitrogens with zero attached hydrogens (tertiary/aromatic N) is 1. The van der Waals surface area contributed by atoms with E-state index in [0.717, 1.165) is 0 Å². The lowest BCUT2D eigenvalue weighted by Gasteiger charge is -2.23. The van der Waals surface area contributed by atoms with E-state index < -0.39 is 9.84 Å². The number of amides is 1. The Morgan fingerprint density at radius 3 is 2.56 bits per heavy atom. The summed E-state index contributed by atoms with van der Waals surface area (Å²) >= 11 is 0. The van der Waals surface area contributed by atoms with Crippen molar-refractivity contribution in [3.8, 4) is 0 Å². The van der Waals surface area contributed by atoms with Crippen molar-refractivity contribution in [3.05, 3.63) is 23.2 Å². The van der Waals surface area contributed by atoms with Crippen LogP contribution in [0.25, 0.3) is 0 Å². The maximum atomic E-state index is 12.2. The molecule has 1 fully saturated rings. The predicted octanol–water partition coefficient (Wildman–Crippen LogP) is 1.16. The molecule has 2 rings (SSSR count). The van der Waals surface area contributed by atoms with Crippen LogP contribution in [-0.2, 0) is 9.84 Å². The zero-order valence-electron chi connectivity index (χ0n) is 10.8. The van der Waals surface area contributed by atoms with Crippen LogP contribution in [-0.4, -0.2) is 43.8 Å². The van der Waals surface area contributed by atoms with E-state index in [1.54, 1.807) is 27.0 Å². The third-order valence-corrected chi connectivity index (χ3v) is 5.10. The summed E-state index contributed by atoms with van der Waals surface area (Å²) in [6.45, 7) is 3.52. The van der Waals surface area contributed by atoms with E-state index in [2.05, 4.69) is 0 Å². The number of rotatable bonds is 2. The summed E-state index contributed by atoms with van der Waals surface area (Å²) in [5.41, 5.74) is 0.513. The molecule has 0 N–H and O–H groups in total. The minimum absolute atomic E-state index is 0.0606. The van der Waals surface area contributed by atoms with Crippen molar-refractivity contribution in [1.29, 1.82) is 0 Å². The maximum Gasteiger partial charge on any atom is 0.257 e. The molecule has 0 bridgehead atoms. The molecule has 18 heavy (non-hydrogen) atoms. The van der Waals surface area contributed by atoms with Gasteiger partial charge in [0.1, 0.15) is 11.5 Å². The lowest BCUT2D eigenvalue weighted by atomic mass is 10.1. The lowest BCUT2D eigenvalue weighted by Crippen LogP contribution is -2.37. The van der Waals surface area contributed by atoms with E-state index in [-0.39, 0.29) is 23.5 Å². The number of hydrogen-bond donors (Lipinski definition) is 0. The largest absolute Gasteiger partial charge is 0.466 e. The average molecular weight is 271 g/mol. The van der Waals surface area contributed by atoms with Crippen LogP contribution in [0.5, 0.6) is 0 Å². The van der Waals surface area contributed by atoms with Gasteiger partial charge in [0.15, 0.2) is 9.84 Å². The molecule has 1 amide bonds. The number of furan rings is 1. The molecular formula is C12H17NO4S. The van der Waals surface area contributed by atoms with Crippen molar-refractivity contribution in [2.45, 2.75) is 26.3 Å². The standard InChI is InChI=1S/C12H17NO4S/c1-8-6-11(9(2)17-8)12(14)13(3)10-4-5-18(15,16)7-10/h6,10H,4-5,7H2,1-3H3. The molecule has 0 spiro atoms. The molecule has 1 saturated heterocycles. The first-order chi connectivity index (χ1) is 8.30. The molecule has 6 heteroatoms. The van der Waals surface area contributed by atoms with Crippen molar-refractivity contribution in [2.24, 2.45) is 0 Å². The van der Waals surface area contributed by atoms with Crippen LogP contribution in [0.15, 0.2) is 10.5 Å². The third-order valence-electron chi connectivity index (χ3n) is 3.35. The van der Waals surface area contributed by atoms with Crippen LogP contribution in [0.2, 0.25) is 0 Å². The maximum absolute atomic E-state index is 12.2. The van der Waals surface area contributed by atoms with E-state index in [1.807, 2.05) is 0 Å². The first-order valence-electron chi connectivity index (χ1n) is 5.85. The van der Waals surface area contributed by atoms with Crippen LogP contribution in [0.4, 0.5) is 0 Å². The second kappa shape index (κ2) is 4.42. The average Bonchev–Trinajstić information content (AvgIpc) is 2.79. The van der Waals surface area contributed by atoms with Gasteiger partial charge in [-0.1, -0.05) is 0 Å². The van der Waals surface area contributed by atoms with Gasteiger partial charge in [0.05, 0.1) is 17.1 Å². The van der Waals surface area contributed by atoms with E-state index >= 15 is 0 Å². The number of hydrogen-bond acceptors (Lipinski definition) is 4. The second-order valence-electron chi connectivity index (χ2n) is 4.80. The molecule has 1 atom stereocenters. The molecule has 2 heterocycles. The van der Waals surface area contributed by atoms with Crippen molar-refractivity contribution >= 4 is 15.7 Å². The summed E-state index contributed by atoms with van der Waals surface area (Å²) in [5, 5.41) is 0. The highest BCUT2D eigenvalue weighted by Gasteiger charge is 2.33. The molecule has 1 aromatic rings. The van der Waals surface area contributed by atoms with E-state index in [0.29, 0.717) is 23.5 Å². The van der Waals surface area contributed by atoms with Crippen molar-refractivity contribution < 1.29 is 17.6 Å². The Morgan fingerprint density at radius 2 is 2.11 bits per heavy atom. The summed E-state index contributed by atoms with van der Waals surface area (Å²) in [4.78, 5) is 13.8. The quantitative estimate of drug-likeness (QED) is 0.809. The highest BCUT2D eigenvalue weighted by atomic mass is 32.2. The van der Waals surface area contributed by atoms with Gasteiger partial charge in [0.2, 0.25) is 0 Å². The van der Waals surface area contributed by atoms with Gasteiger partial charge >= 0.3 is 0 Å². The number of aryl methyl sites for hydroxylation is 2. The minimum atomic E-state index is -2.98. The Bertz CT molecular complexity index is 573. The highest BCUT2D eigenvalue weighted by Crippen LogP contribution is 2.21. The molecule has 0 radical (unpaired) electrons. The van der Waals surface area contributed by atoms with Crippen LogP contribution < -0.4 is 0 Å². The van der Waals surface area contributed by atoms with Crippen LogP contribution in [0.3, 0.4) is 0 Å². The number of carbonyl (C=O) groups is 1. The summed E-state index contributed by atoms with van der Waals surface area (Å²) in [7, 11) is -1.33. The van der Waals surface area contributed by atoms with Gasteiger partial charge < -0.3 is 9.32 Å². The first-order valence-corrected chi connectivity index (χ1v) is 7.67. The first kappa shape index (κ1) is 13.1. The third kappa shape index (κ3) is 2.43. The fraction of sp³-hybridized carbons (Fsp3) is 0.583. The lowest BCUT2D eigenvalue weighted by molar-refractivity contribution is 0.0746. The van der Waals surface area contributed by atoms with Gasteiger partial charge in [0.25, 0.3) is 5.91 Å². The Kier molecular flexibility index (Phi) is 3.23. The van der Waals surface area contributed by atoms with Crippen LogP contribution in [0.1, 0.15) is 28.3 Å². The summed E-state index contributed by atoms with van der Waals surface area (Å²) < 4.78 is 28.2. The Morgan fingerprint density at radius 1 is 1.44 bits per heavy atom. The fourth-order valence-corrected chi connectivity index (χ4v) is 4.05. The van der Waals surface area contributed by atoms with Gasteiger partial charge in [-0.3, -0.25) is 4.79 Å². The molecule has 1 unspecified atom stereocenters. The van der Waals surface area contributed by atoms with Gasteiger partial charge in [-0.25, -0.2) is 8.42 Å². The fourth-order valence-electron chi connectivity index (χ4n) is 2.28. The van der Waals surface area contributed by atoms with Crippen molar-refractivity contribution in [1.82, 2.24) is 4.90 Å². The topological polar surface area (TPSA) is 67.6 Å². The number of carbonyl (C=O) groups excluding carboxylic acids is 1. The van der Waals surface area contributed by atoms with Crippen LogP contribution in [0, 0.1) is 13.8 Å². The van der Waals surface area contributed by atoms with Gasteiger partial charge in [0, 0.05) is 13.1 Å². The Balaban J connectivity index is 2.17. The van der Waals surface area contributed by atoms with E-state index in [4.69, 9.17) is 4.42 Å². The van der Waals surface area contributed by atoms with E-state index in [9.17, 15) is 13.2 Å². The minimum Gasteiger partial charge on any atom is -0.466 e. The summed E-state index contributed by atoms with van der Waals surface area (Å²) in [5.74, 6) is 1.31. The molecule has 0 saturated carbocycles. The molecule has 5 nitrogen and oxygen atoms in total. The molecule has 100 valence electrons. The van der Waals surface area contributed by atoms with Crippen molar-refractivity contribution in [2.75, 3.05) is 18.6 Å². The van der Waals surface area contributed by atoms with Gasteiger partial charge in [-0.05, 0) is 26.3 Å². The Hall–Kier alpha value is -1.30. The second-order valence-corrected chi connectivity index (χ2v) is 7.03. The zero-order valence-corrected chi connectivity index (χ0v) is 11.6. The molecule has 1 aliphatic rings. The van der Waals surface area contributed by atoms with Gasteiger partial charge in [-0.2, -0.15) is 0 Å². The summed E-state index contributed by atoms with van der Waals surface area (Å²) in [6.07, 6.45) is 0.514. The monoisotopic (exact) mass is 271 g/mol. The summed E-state index contributed by atoms with van der Waals surface area (Å²) in [6, 6.07) is 1.47. The Labute approximate surface area is 107 Å². The molecule has 1 aliphatic heterocycles. The predicted molar refractivity (Wildman–Crippen MR) is 67.3 cm³/mol. The molecule has 0 aromatic carbocycles.